The van der Waals surface area contributed by atoms with E-state index in [1.165, 1.54) is 0 Å². The average molecular weight is 220 g/mol. The minimum absolute atomic E-state index is 0.0692. The molecule has 0 aliphatic carbocycles. The number of piperidine rings is 1. The van der Waals surface area contributed by atoms with E-state index in [4.69, 9.17) is 5.11 Å². The van der Waals surface area contributed by atoms with Crippen molar-refractivity contribution in [3.05, 3.63) is 0 Å². The van der Waals surface area contributed by atoms with Crippen molar-refractivity contribution in [2.75, 3.05) is 19.0 Å². The fourth-order valence-electron chi connectivity index (χ4n) is 1.72. The van der Waals surface area contributed by atoms with E-state index in [-0.39, 0.29) is 18.2 Å². The number of hydrogen-bond acceptors (Lipinski definition) is 4. The second-order valence-electron chi connectivity index (χ2n) is 3.59. The molecule has 1 fully saturated rings. The van der Waals surface area contributed by atoms with Crippen LogP contribution in [0.15, 0.2) is 0 Å². The van der Waals surface area contributed by atoms with Gasteiger partial charge >= 0.3 is 5.97 Å². The molecule has 14 heavy (non-hydrogen) atoms. The molecular formula is C8H14NO4S-. The number of carboxylic acid groups (broad SMARTS) is 1. The molecule has 0 saturated carbocycles. The highest BCUT2D eigenvalue weighted by Gasteiger charge is 2.20. The van der Waals surface area contributed by atoms with Crippen LogP contribution in [-0.4, -0.2) is 43.7 Å². The highest BCUT2D eigenvalue weighted by molar-refractivity contribution is 7.79. The Bertz CT molecular complexity index is 201. The van der Waals surface area contributed by atoms with Gasteiger partial charge in [0.1, 0.15) is 0 Å². The summed E-state index contributed by atoms with van der Waals surface area (Å²) in [4.78, 5) is 12.2. The van der Waals surface area contributed by atoms with Crippen LogP contribution in [0, 0.1) is 5.92 Å². The van der Waals surface area contributed by atoms with E-state index in [0.717, 1.165) is 12.8 Å². The standard InChI is InChI=1S/C8H15NO4S/c10-8(11)5-7-1-3-9(4-2-7)6-14(12)13/h7H,1-6H2,(H,10,11)(H,12,13)/p-1. The van der Waals surface area contributed by atoms with Gasteiger partial charge in [0, 0.05) is 6.42 Å². The van der Waals surface area contributed by atoms with Gasteiger partial charge < -0.3 is 9.66 Å². The van der Waals surface area contributed by atoms with Gasteiger partial charge in [0.15, 0.2) is 0 Å². The van der Waals surface area contributed by atoms with Crippen molar-refractivity contribution in [3.8, 4) is 0 Å². The van der Waals surface area contributed by atoms with E-state index in [2.05, 4.69) is 0 Å². The Labute approximate surface area is 85.4 Å². The monoisotopic (exact) mass is 220 g/mol. The lowest BCUT2D eigenvalue weighted by molar-refractivity contribution is -0.138. The molecule has 0 bridgehead atoms. The van der Waals surface area contributed by atoms with E-state index in [0.29, 0.717) is 13.1 Å². The van der Waals surface area contributed by atoms with Gasteiger partial charge in [-0.3, -0.25) is 13.9 Å². The molecule has 82 valence electrons. The van der Waals surface area contributed by atoms with Crippen LogP contribution in [0.5, 0.6) is 0 Å². The third kappa shape index (κ3) is 4.17. The summed E-state index contributed by atoms with van der Waals surface area (Å²) in [6, 6.07) is 0. The number of likely N-dealkylation sites (tertiary alicyclic amines) is 1. The predicted molar refractivity (Wildman–Crippen MR) is 50.3 cm³/mol. The Morgan fingerprint density at radius 3 is 2.50 bits per heavy atom. The van der Waals surface area contributed by atoms with Gasteiger partial charge in [-0.15, -0.1) is 0 Å². The van der Waals surface area contributed by atoms with Crippen LogP contribution in [0.3, 0.4) is 0 Å². The first-order valence-corrected chi connectivity index (χ1v) is 5.82. The topological polar surface area (TPSA) is 80.7 Å². The smallest absolute Gasteiger partial charge is 0.303 e. The zero-order valence-corrected chi connectivity index (χ0v) is 8.66. The van der Waals surface area contributed by atoms with E-state index in [9.17, 15) is 13.6 Å². The lowest BCUT2D eigenvalue weighted by Crippen LogP contribution is -2.36. The summed E-state index contributed by atoms with van der Waals surface area (Å²) in [6.45, 7) is 1.37. The number of carboxylic acids is 1. The Kier molecular flexibility index (Phi) is 4.50. The molecule has 1 rings (SSSR count). The molecule has 0 aromatic rings. The molecule has 1 saturated heterocycles. The zero-order valence-electron chi connectivity index (χ0n) is 7.85. The summed E-state index contributed by atoms with van der Waals surface area (Å²) in [5.74, 6) is -0.487. The van der Waals surface area contributed by atoms with Gasteiger partial charge in [0.2, 0.25) is 0 Å². The predicted octanol–water partition coefficient (Wildman–Crippen LogP) is 0.00970. The summed E-state index contributed by atoms with van der Waals surface area (Å²) in [7, 11) is 0. The number of nitrogens with zero attached hydrogens (tertiary/aromatic N) is 1. The van der Waals surface area contributed by atoms with Crippen molar-refractivity contribution in [2.24, 2.45) is 5.92 Å². The SMILES string of the molecule is O=C(O)CC1CCN(CS(=O)[O-])CC1. The van der Waals surface area contributed by atoms with Gasteiger partial charge in [-0.25, -0.2) is 0 Å². The van der Waals surface area contributed by atoms with Crippen LogP contribution in [0.25, 0.3) is 0 Å². The van der Waals surface area contributed by atoms with Crippen molar-refractivity contribution in [1.82, 2.24) is 4.90 Å². The van der Waals surface area contributed by atoms with Crippen LogP contribution >= 0.6 is 0 Å². The third-order valence-corrected chi connectivity index (χ3v) is 3.03. The van der Waals surface area contributed by atoms with Crippen LogP contribution in [0.2, 0.25) is 0 Å². The number of carbonyl (C=O) groups is 1. The van der Waals surface area contributed by atoms with Crippen LogP contribution in [-0.2, 0) is 15.9 Å². The molecule has 1 heterocycles. The van der Waals surface area contributed by atoms with Crippen LogP contribution < -0.4 is 0 Å². The van der Waals surface area contributed by atoms with Crippen LogP contribution in [0.1, 0.15) is 19.3 Å². The average Bonchev–Trinajstić information content (AvgIpc) is 2.06. The van der Waals surface area contributed by atoms with Crippen LogP contribution in [0.4, 0.5) is 0 Å². The first-order valence-electron chi connectivity index (χ1n) is 4.58. The van der Waals surface area contributed by atoms with Gasteiger partial charge in [0.05, 0.1) is 5.88 Å². The Morgan fingerprint density at radius 2 is 2.07 bits per heavy atom. The molecule has 6 heteroatoms. The lowest BCUT2D eigenvalue weighted by atomic mass is 9.94. The Hall–Kier alpha value is -0.460. The Balaban J connectivity index is 2.24. The quantitative estimate of drug-likeness (QED) is 0.675. The molecule has 0 amide bonds. The number of aliphatic carboxylic acids is 1. The largest absolute Gasteiger partial charge is 0.771 e. The molecular weight excluding hydrogens is 206 g/mol. The van der Waals surface area contributed by atoms with E-state index in [1.807, 2.05) is 4.90 Å². The van der Waals surface area contributed by atoms with Crippen molar-refractivity contribution >= 4 is 17.0 Å². The highest BCUT2D eigenvalue weighted by atomic mass is 32.2. The molecule has 0 aromatic heterocycles. The van der Waals surface area contributed by atoms with Crippen molar-refractivity contribution < 1.29 is 18.7 Å². The minimum Gasteiger partial charge on any atom is -0.771 e. The zero-order chi connectivity index (χ0) is 10.6. The molecule has 1 N–H and O–H groups in total. The molecule has 0 spiro atoms. The second kappa shape index (κ2) is 5.43. The maximum Gasteiger partial charge on any atom is 0.303 e. The fourth-order valence-corrected chi connectivity index (χ4v) is 2.27. The van der Waals surface area contributed by atoms with Gasteiger partial charge in [0.25, 0.3) is 0 Å². The minimum atomic E-state index is -2.03. The molecule has 1 atom stereocenters. The number of hydrogen-bond donors (Lipinski definition) is 1. The normalized spacial score (nSPS) is 22.1. The highest BCUT2D eigenvalue weighted by Crippen LogP contribution is 2.20. The molecule has 5 nitrogen and oxygen atoms in total. The van der Waals surface area contributed by atoms with Gasteiger partial charge in [-0.2, -0.15) is 0 Å². The van der Waals surface area contributed by atoms with Gasteiger partial charge in [-0.05, 0) is 42.9 Å². The van der Waals surface area contributed by atoms with E-state index in [1.54, 1.807) is 0 Å². The van der Waals surface area contributed by atoms with Crippen molar-refractivity contribution in [2.45, 2.75) is 19.3 Å². The first-order chi connectivity index (χ1) is 6.58. The number of rotatable bonds is 4. The second-order valence-corrected chi connectivity index (χ2v) is 4.46. The first kappa shape index (κ1) is 11.6. The lowest BCUT2D eigenvalue weighted by Gasteiger charge is -2.31. The summed E-state index contributed by atoms with van der Waals surface area (Å²) >= 11 is -2.03. The molecule has 1 aliphatic heterocycles. The fraction of sp³-hybridized carbons (Fsp3) is 0.875. The third-order valence-electron chi connectivity index (χ3n) is 2.46. The summed E-state index contributed by atoms with van der Waals surface area (Å²) in [5, 5.41) is 8.56. The maximum absolute atomic E-state index is 10.4. The maximum atomic E-state index is 10.4. The summed E-state index contributed by atoms with van der Waals surface area (Å²) in [6.07, 6.45) is 1.77. The molecule has 0 aromatic carbocycles. The van der Waals surface area contributed by atoms with Crippen molar-refractivity contribution in [3.63, 3.8) is 0 Å². The van der Waals surface area contributed by atoms with Gasteiger partial charge in [-0.1, -0.05) is 0 Å². The van der Waals surface area contributed by atoms with E-state index >= 15 is 0 Å². The Morgan fingerprint density at radius 1 is 1.50 bits per heavy atom. The van der Waals surface area contributed by atoms with Crippen molar-refractivity contribution in [1.29, 1.82) is 0 Å². The molecule has 1 aliphatic rings. The summed E-state index contributed by atoms with van der Waals surface area (Å²) < 4.78 is 20.8. The molecule has 0 radical (unpaired) electrons. The molecule has 1 unspecified atom stereocenters. The van der Waals surface area contributed by atoms with E-state index < -0.39 is 17.0 Å². The summed E-state index contributed by atoms with van der Waals surface area (Å²) in [5.41, 5.74) is 0.